The lowest BCUT2D eigenvalue weighted by atomic mass is 9.61. The Balaban J connectivity index is 2.61. The van der Waals surface area contributed by atoms with Crippen LogP contribution in [0, 0.1) is 11.8 Å². The second kappa shape index (κ2) is 6.50. The maximum absolute atomic E-state index is 12.5. The van der Waals surface area contributed by atoms with Crippen LogP contribution in [0.25, 0.3) is 0 Å². The van der Waals surface area contributed by atoms with E-state index in [0.717, 1.165) is 0 Å². The summed E-state index contributed by atoms with van der Waals surface area (Å²) in [6, 6.07) is 8.92. The summed E-state index contributed by atoms with van der Waals surface area (Å²) in [5.74, 6) is -3.78. The molecule has 23 heavy (non-hydrogen) atoms. The molecule has 1 aliphatic carbocycles. The fraction of sp³-hybridized carbons (Fsp3) is 0.471. The number of Topliss-reactive ketones (excluding diaryl/α,β-unsaturated/α-hetero) is 1. The Kier molecular flexibility index (Phi) is 4.85. The molecule has 0 heterocycles. The predicted octanol–water partition coefficient (Wildman–Crippen LogP) is 0.218. The minimum Gasteiger partial charge on any atom is -0.389 e. The molecule has 6 nitrogen and oxygen atoms in total. The number of aliphatic hydroxyl groups is 1. The van der Waals surface area contributed by atoms with E-state index in [1.165, 1.54) is 21.0 Å². The number of rotatable bonds is 3. The highest BCUT2D eigenvalue weighted by atomic mass is 16.3. The maximum Gasteiger partial charge on any atom is 0.230 e. The minimum absolute atomic E-state index is 0.230. The zero-order valence-electron chi connectivity index (χ0n) is 13.5. The average Bonchev–Trinajstić information content (AvgIpc) is 2.52. The van der Waals surface area contributed by atoms with Gasteiger partial charge in [-0.25, -0.2) is 0 Å². The summed E-state index contributed by atoms with van der Waals surface area (Å²) in [5.41, 5.74) is -0.828. The van der Waals surface area contributed by atoms with Crippen LogP contribution in [0.4, 0.5) is 0 Å². The molecular weight excluding hydrogens is 296 g/mol. The van der Waals surface area contributed by atoms with Crippen molar-refractivity contribution in [3.05, 3.63) is 35.9 Å². The fourth-order valence-electron chi connectivity index (χ4n) is 3.48. The van der Waals surface area contributed by atoms with Crippen molar-refractivity contribution in [2.75, 3.05) is 14.1 Å². The van der Waals surface area contributed by atoms with Crippen LogP contribution in [0.15, 0.2) is 30.3 Å². The standard InChI is InChI=1S/C17H22N2O4/c1-17(23)9-11(20)13(15(21)18-2)12(14(17)16(22)19-3)10-7-5-4-6-8-10/h4-8,12-14,23H,9H2,1-3H3,(H,18,21)(H,19,22)/t12-,13-,14+,17-/m0/s1. The molecule has 0 aromatic heterocycles. The Morgan fingerprint density at radius 3 is 2.22 bits per heavy atom. The van der Waals surface area contributed by atoms with E-state index < -0.39 is 29.3 Å². The molecule has 3 N–H and O–H groups in total. The summed E-state index contributed by atoms with van der Waals surface area (Å²) in [6.07, 6.45) is -0.230. The minimum atomic E-state index is -1.51. The van der Waals surface area contributed by atoms with Gasteiger partial charge in [-0.05, 0) is 12.5 Å². The van der Waals surface area contributed by atoms with Gasteiger partial charge in [0, 0.05) is 26.4 Å². The van der Waals surface area contributed by atoms with Crippen LogP contribution >= 0.6 is 0 Å². The van der Waals surface area contributed by atoms with Crippen LogP contribution in [0.2, 0.25) is 0 Å². The first-order valence-electron chi connectivity index (χ1n) is 7.56. The fourth-order valence-corrected chi connectivity index (χ4v) is 3.48. The Morgan fingerprint density at radius 2 is 1.70 bits per heavy atom. The Bertz CT molecular complexity index is 612. The summed E-state index contributed by atoms with van der Waals surface area (Å²) < 4.78 is 0. The molecule has 1 saturated carbocycles. The van der Waals surface area contributed by atoms with Crippen molar-refractivity contribution in [2.24, 2.45) is 11.8 Å². The number of benzene rings is 1. The Hall–Kier alpha value is -2.21. The van der Waals surface area contributed by atoms with E-state index in [2.05, 4.69) is 10.6 Å². The second-order valence-corrected chi connectivity index (χ2v) is 6.12. The van der Waals surface area contributed by atoms with E-state index in [-0.39, 0.29) is 18.1 Å². The topological polar surface area (TPSA) is 95.5 Å². The maximum atomic E-state index is 12.5. The van der Waals surface area contributed by atoms with E-state index >= 15 is 0 Å². The average molecular weight is 318 g/mol. The molecule has 1 aromatic rings. The Labute approximate surface area is 135 Å². The molecule has 2 amide bonds. The lowest BCUT2D eigenvalue weighted by Gasteiger charge is -2.44. The van der Waals surface area contributed by atoms with E-state index in [9.17, 15) is 19.5 Å². The lowest BCUT2D eigenvalue weighted by molar-refractivity contribution is -0.153. The number of amides is 2. The van der Waals surface area contributed by atoms with E-state index in [4.69, 9.17) is 0 Å². The van der Waals surface area contributed by atoms with E-state index in [1.807, 2.05) is 6.07 Å². The number of hydrogen-bond acceptors (Lipinski definition) is 4. The van der Waals surface area contributed by atoms with Gasteiger partial charge in [-0.3, -0.25) is 14.4 Å². The molecule has 124 valence electrons. The second-order valence-electron chi connectivity index (χ2n) is 6.12. The SMILES string of the molecule is CNC(=O)[C@H]1C(=O)C[C@](C)(O)[C@@H](C(=O)NC)[C@H]1c1ccccc1. The molecule has 1 aromatic carbocycles. The molecule has 0 bridgehead atoms. The van der Waals surface area contributed by atoms with Gasteiger partial charge in [-0.15, -0.1) is 0 Å². The van der Waals surface area contributed by atoms with E-state index in [1.54, 1.807) is 24.3 Å². The number of nitrogens with one attached hydrogen (secondary N) is 2. The van der Waals surface area contributed by atoms with Gasteiger partial charge in [0.25, 0.3) is 0 Å². The van der Waals surface area contributed by atoms with Crippen molar-refractivity contribution in [1.82, 2.24) is 10.6 Å². The summed E-state index contributed by atoms with van der Waals surface area (Å²) in [7, 11) is 2.94. The van der Waals surface area contributed by atoms with Crippen molar-refractivity contribution >= 4 is 17.6 Å². The summed E-state index contributed by atoms with van der Waals surface area (Å²) >= 11 is 0. The van der Waals surface area contributed by atoms with Crippen molar-refractivity contribution in [3.8, 4) is 0 Å². The quantitative estimate of drug-likeness (QED) is 0.695. The summed E-state index contributed by atoms with van der Waals surface area (Å²) in [5, 5.41) is 15.7. The number of ketones is 1. The smallest absolute Gasteiger partial charge is 0.230 e. The molecule has 6 heteroatoms. The third-order valence-electron chi connectivity index (χ3n) is 4.51. The van der Waals surface area contributed by atoms with Crippen molar-refractivity contribution in [3.63, 3.8) is 0 Å². The van der Waals surface area contributed by atoms with E-state index in [0.29, 0.717) is 5.56 Å². The largest absolute Gasteiger partial charge is 0.389 e. The van der Waals surface area contributed by atoms with Gasteiger partial charge in [0.1, 0.15) is 11.7 Å². The molecule has 1 aliphatic rings. The van der Waals surface area contributed by atoms with Crippen LogP contribution in [0.5, 0.6) is 0 Å². The normalized spacial score (nSPS) is 30.6. The first kappa shape index (κ1) is 17.1. The predicted molar refractivity (Wildman–Crippen MR) is 84.5 cm³/mol. The first-order valence-corrected chi connectivity index (χ1v) is 7.56. The third-order valence-corrected chi connectivity index (χ3v) is 4.51. The van der Waals surface area contributed by atoms with Crippen molar-refractivity contribution < 1.29 is 19.5 Å². The molecule has 2 rings (SSSR count). The lowest BCUT2D eigenvalue weighted by Crippen LogP contribution is -2.57. The van der Waals surface area contributed by atoms with Gasteiger partial charge in [-0.2, -0.15) is 0 Å². The van der Waals surface area contributed by atoms with Crippen LogP contribution in [-0.2, 0) is 14.4 Å². The van der Waals surface area contributed by atoms with Crippen LogP contribution in [-0.4, -0.2) is 42.4 Å². The van der Waals surface area contributed by atoms with Gasteiger partial charge in [0.05, 0.1) is 11.5 Å². The monoisotopic (exact) mass is 318 g/mol. The van der Waals surface area contributed by atoms with Crippen LogP contribution in [0.3, 0.4) is 0 Å². The van der Waals surface area contributed by atoms with Crippen LogP contribution in [0.1, 0.15) is 24.8 Å². The molecule has 4 atom stereocenters. The van der Waals surface area contributed by atoms with Crippen LogP contribution < -0.4 is 10.6 Å². The van der Waals surface area contributed by atoms with Gasteiger partial charge in [-0.1, -0.05) is 30.3 Å². The summed E-state index contributed by atoms with van der Waals surface area (Å²) in [4.78, 5) is 37.2. The molecule has 1 fully saturated rings. The first-order chi connectivity index (χ1) is 10.8. The van der Waals surface area contributed by atoms with Gasteiger partial charge >= 0.3 is 0 Å². The third kappa shape index (κ3) is 3.12. The zero-order chi connectivity index (χ0) is 17.2. The highest BCUT2D eigenvalue weighted by Gasteiger charge is 2.55. The van der Waals surface area contributed by atoms with Gasteiger partial charge < -0.3 is 15.7 Å². The number of hydrogen-bond donors (Lipinski definition) is 3. The zero-order valence-corrected chi connectivity index (χ0v) is 13.5. The molecule has 0 spiro atoms. The summed E-state index contributed by atoms with van der Waals surface area (Å²) in [6.45, 7) is 1.47. The molecule has 0 radical (unpaired) electrons. The highest BCUT2D eigenvalue weighted by molar-refractivity contribution is 6.05. The molecule has 0 saturated heterocycles. The Morgan fingerprint density at radius 1 is 1.13 bits per heavy atom. The molecular formula is C17H22N2O4. The van der Waals surface area contributed by atoms with Crippen molar-refractivity contribution in [1.29, 1.82) is 0 Å². The number of carbonyl (C=O) groups excluding carboxylic acids is 3. The van der Waals surface area contributed by atoms with Crippen molar-refractivity contribution in [2.45, 2.75) is 24.9 Å². The number of carbonyl (C=O) groups is 3. The molecule has 0 unspecified atom stereocenters. The van der Waals surface area contributed by atoms with Gasteiger partial charge in [0.15, 0.2) is 0 Å². The molecule has 0 aliphatic heterocycles. The highest BCUT2D eigenvalue weighted by Crippen LogP contribution is 2.45. The van der Waals surface area contributed by atoms with Gasteiger partial charge in [0.2, 0.25) is 11.8 Å².